The van der Waals surface area contributed by atoms with Gasteiger partial charge in [-0.1, -0.05) is 29.8 Å². The average Bonchev–Trinajstić information content (AvgIpc) is 2.70. The van der Waals surface area contributed by atoms with E-state index in [1.54, 1.807) is 0 Å². The highest BCUT2D eigenvalue weighted by atomic mass is 79.9. The first-order chi connectivity index (χ1) is 7.59. The molecule has 1 aromatic carbocycles. The third kappa shape index (κ3) is 2.19. The first-order valence-electron chi connectivity index (χ1n) is 5.91. The van der Waals surface area contributed by atoms with Gasteiger partial charge < -0.3 is 10.6 Å². The first kappa shape index (κ1) is 11.8. The first-order valence-corrected chi connectivity index (χ1v) is 6.70. The van der Waals surface area contributed by atoms with Crippen LogP contribution in [0.15, 0.2) is 22.7 Å². The Bertz CT molecular complexity index is 376. The van der Waals surface area contributed by atoms with Gasteiger partial charge in [0, 0.05) is 17.1 Å². The van der Waals surface area contributed by atoms with Gasteiger partial charge >= 0.3 is 0 Å². The second kappa shape index (κ2) is 4.66. The molecule has 1 atom stereocenters. The van der Waals surface area contributed by atoms with Crippen LogP contribution in [0.4, 0.5) is 11.4 Å². The van der Waals surface area contributed by atoms with E-state index in [0.717, 1.165) is 16.7 Å². The number of anilines is 2. The van der Waals surface area contributed by atoms with Crippen molar-refractivity contribution in [3.8, 4) is 0 Å². The van der Waals surface area contributed by atoms with Crippen molar-refractivity contribution in [2.45, 2.75) is 32.7 Å². The zero-order chi connectivity index (χ0) is 11.7. The van der Waals surface area contributed by atoms with Gasteiger partial charge in [-0.2, -0.15) is 0 Å². The van der Waals surface area contributed by atoms with Crippen LogP contribution < -0.4 is 10.6 Å². The summed E-state index contributed by atoms with van der Waals surface area (Å²) in [6.45, 7) is 5.71. The Morgan fingerprint density at radius 1 is 1.44 bits per heavy atom. The van der Waals surface area contributed by atoms with Gasteiger partial charge in [0.1, 0.15) is 0 Å². The minimum atomic E-state index is 0.636. The summed E-state index contributed by atoms with van der Waals surface area (Å²) in [4.78, 5) is 2.46. The molecule has 0 spiro atoms. The van der Waals surface area contributed by atoms with Crippen molar-refractivity contribution in [1.82, 2.24) is 0 Å². The minimum Gasteiger partial charge on any atom is -0.397 e. The van der Waals surface area contributed by atoms with Crippen LogP contribution in [-0.4, -0.2) is 12.6 Å². The predicted octanol–water partition coefficient (Wildman–Crippen LogP) is 3.66. The third-order valence-corrected chi connectivity index (χ3v) is 3.86. The second-order valence-electron chi connectivity index (χ2n) is 4.85. The Morgan fingerprint density at radius 3 is 2.88 bits per heavy atom. The molecule has 1 aromatic rings. The fourth-order valence-electron chi connectivity index (χ4n) is 2.55. The van der Waals surface area contributed by atoms with Crippen molar-refractivity contribution >= 4 is 27.3 Å². The van der Waals surface area contributed by atoms with Crippen molar-refractivity contribution in [2.75, 3.05) is 17.2 Å². The van der Waals surface area contributed by atoms with Crippen LogP contribution >= 0.6 is 15.9 Å². The van der Waals surface area contributed by atoms with Crippen LogP contribution in [-0.2, 0) is 0 Å². The van der Waals surface area contributed by atoms with Crippen molar-refractivity contribution in [3.63, 3.8) is 0 Å². The Morgan fingerprint density at radius 2 is 2.19 bits per heavy atom. The van der Waals surface area contributed by atoms with Crippen LogP contribution in [0.25, 0.3) is 0 Å². The van der Waals surface area contributed by atoms with Crippen molar-refractivity contribution in [3.05, 3.63) is 22.7 Å². The maximum atomic E-state index is 6.07. The highest BCUT2D eigenvalue weighted by Crippen LogP contribution is 2.34. The molecule has 2 nitrogen and oxygen atoms in total. The maximum absolute atomic E-state index is 6.07. The normalized spacial score (nSPS) is 20.8. The third-order valence-electron chi connectivity index (χ3n) is 3.37. The fraction of sp³-hybridized carbons (Fsp3) is 0.538. The van der Waals surface area contributed by atoms with E-state index in [9.17, 15) is 0 Å². The van der Waals surface area contributed by atoms with Gasteiger partial charge in [0.05, 0.1) is 11.4 Å². The number of hydrogen-bond acceptors (Lipinski definition) is 2. The monoisotopic (exact) mass is 282 g/mol. The molecule has 0 radical (unpaired) electrons. The Labute approximate surface area is 106 Å². The van der Waals surface area contributed by atoms with Gasteiger partial charge in [-0.3, -0.25) is 0 Å². The standard InChI is InChI=1S/C13H19BrN2/c1-9(2)12-4-3-7-16(12)13-8-10(14)5-6-11(13)15/h5-6,8-9,12H,3-4,7,15H2,1-2H3. The molecule has 1 fully saturated rings. The van der Waals surface area contributed by atoms with E-state index in [1.807, 2.05) is 12.1 Å². The number of nitrogen functional groups attached to an aromatic ring is 1. The van der Waals surface area contributed by atoms with Crippen LogP contribution in [0, 0.1) is 5.92 Å². The highest BCUT2D eigenvalue weighted by molar-refractivity contribution is 9.10. The maximum Gasteiger partial charge on any atom is 0.0613 e. The number of nitrogens with two attached hydrogens (primary N) is 1. The molecule has 1 saturated heterocycles. The SMILES string of the molecule is CC(C)C1CCCN1c1cc(Br)ccc1N. The zero-order valence-electron chi connectivity index (χ0n) is 9.91. The van der Waals surface area contributed by atoms with Crippen LogP contribution in [0.1, 0.15) is 26.7 Å². The van der Waals surface area contributed by atoms with E-state index in [0.29, 0.717) is 12.0 Å². The summed E-state index contributed by atoms with van der Waals surface area (Å²) in [7, 11) is 0. The highest BCUT2D eigenvalue weighted by Gasteiger charge is 2.28. The Kier molecular flexibility index (Phi) is 3.43. The summed E-state index contributed by atoms with van der Waals surface area (Å²) in [6.07, 6.45) is 2.55. The molecule has 1 aliphatic rings. The summed E-state index contributed by atoms with van der Waals surface area (Å²) in [5, 5.41) is 0. The van der Waals surface area contributed by atoms with E-state index >= 15 is 0 Å². The average molecular weight is 283 g/mol. The topological polar surface area (TPSA) is 29.3 Å². The molecule has 1 aliphatic heterocycles. The van der Waals surface area contributed by atoms with Gasteiger partial charge in [-0.15, -0.1) is 0 Å². The lowest BCUT2D eigenvalue weighted by atomic mass is 10.0. The molecular weight excluding hydrogens is 264 g/mol. The zero-order valence-corrected chi connectivity index (χ0v) is 11.5. The quantitative estimate of drug-likeness (QED) is 0.839. The fourth-order valence-corrected chi connectivity index (χ4v) is 2.90. The number of nitrogens with zero attached hydrogens (tertiary/aromatic N) is 1. The molecule has 0 aromatic heterocycles. The van der Waals surface area contributed by atoms with E-state index in [1.165, 1.54) is 18.5 Å². The molecule has 16 heavy (non-hydrogen) atoms. The lowest BCUT2D eigenvalue weighted by Crippen LogP contribution is -2.33. The summed E-state index contributed by atoms with van der Waals surface area (Å²) in [6, 6.07) is 6.75. The van der Waals surface area contributed by atoms with E-state index in [-0.39, 0.29) is 0 Å². The lowest BCUT2D eigenvalue weighted by molar-refractivity contribution is 0.492. The van der Waals surface area contributed by atoms with E-state index in [2.05, 4.69) is 40.7 Å². The molecule has 2 N–H and O–H groups in total. The summed E-state index contributed by atoms with van der Waals surface area (Å²) >= 11 is 3.52. The molecule has 3 heteroatoms. The number of rotatable bonds is 2. The van der Waals surface area contributed by atoms with Crippen LogP contribution in [0.5, 0.6) is 0 Å². The summed E-state index contributed by atoms with van der Waals surface area (Å²) < 4.78 is 1.10. The van der Waals surface area contributed by atoms with Gasteiger partial charge in [0.2, 0.25) is 0 Å². The van der Waals surface area contributed by atoms with Gasteiger partial charge in [-0.05, 0) is 37.0 Å². The molecule has 0 amide bonds. The van der Waals surface area contributed by atoms with Crippen molar-refractivity contribution in [2.24, 2.45) is 5.92 Å². The molecule has 0 bridgehead atoms. The second-order valence-corrected chi connectivity index (χ2v) is 5.77. The number of benzene rings is 1. The van der Waals surface area contributed by atoms with E-state index in [4.69, 9.17) is 5.73 Å². The Hall–Kier alpha value is -0.700. The van der Waals surface area contributed by atoms with Crippen molar-refractivity contribution in [1.29, 1.82) is 0 Å². The lowest BCUT2D eigenvalue weighted by Gasteiger charge is -2.30. The van der Waals surface area contributed by atoms with Gasteiger partial charge in [0.15, 0.2) is 0 Å². The number of hydrogen-bond donors (Lipinski definition) is 1. The molecular formula is C13H19BrN2. The molecule has 88 valence electrons. The molecule has 1 heterocycles. The molecule has 0 saturated carbocycles. The number of halogens is 1. The minimum absolute atomic E-state index is 0.636. The van der Waals surface area contributed by atoms with Crippen LogP contribution in [0.3, 0.4) is 0 Å². The molecule has 0 aliphatic carbocycles. The summed E-state index contributed by atoms with van der Waals surface area (Å²) in [5.74, 6) is 0.681. The van der Waals surface area contributed by atoms with Crippen molar-refractivity contribution < 1.29 is 0 Å². The van der Waals surface area contributed by atoms with Gasteiger partial charge in [0.25, 0.3) is 0 Å². The predicted molar refractivity (Wildman–Crippen MR) is 73.8 cm³/mol. The molecule has 2 rings (SSSR count). The van der Waals surface area contributed by atoms with Gasteiger partial charge in [-0.25, -0.2) is 0 Å². The molecule has 1 unspecified atom stereocenters. The summed E-state index contributed by atoms with van der Waals surface area (Å²) in [5.41, 5.74) is 8.14. The smallest absolute Gasteiger partial charge is 0.0613 e. The van der Waals surface area contributed by atoms with Crippen LogP contribution in [0.2, 0.25) is 0 Å². The Balaban J connectivity index is 2.32. The largest absolute Gasteiger partial charge is 0.397 e. The van der Waals surface area contributed by atoms with E-state index < -0.39 is 0 Å².